The molecule has 0 bridgehead atoms. The fourth-order valence-electron chi connectivity index (χ4n) is 1.49. The minimum Gasteiger partial charge on any atom is -0.479 e. The van der Waals surface area contributed by atoms with Gasteiger partial charge in [-0.3, -0.25) is 9.36 Å². The Morgan fingerprint density at radius 2 is 2.06 bits per heavy atom. The monoisotopic (exact) mass is 256 g/mol. The van der Waals surface area contributed by atoms with Gasteiger partial charge in [-0.1, -0.05) is 6.92 Å². The summed E-state index contributed by atoms with van der Waals surface area (Å²) in [4.78, 5) is 34.2. The Bertz CT molecular complexity index is 555. The van der Waals surface area contributed by atoms with E-state index in [1.807, 2.05) is 6.92 Å². The first-order chi connectivity index (χ1) is 8.29. The topological polar surface area (TPSA) is 102 Å². The molecule has 0 radical (unpaired) electrons. The summed E-state index contributed by atoms with van der Waals surface area (Å²) in [6.07, 6.45) is 2.06. The molecular weight excluding hydrogens is 240 g/mol. The molecule has 1 unspecified atom stereocenters. The highest BCUT2D eigenvalue weighted by molar-refractivity contribution is 5.76. The highest BCUT2D eigenvalue weighted by Gasteiger charge is 2.31. The van der Waals surface area contributed by atoms with Crippen LogP contribution in [0.5, 0.6) is 0 Å². The van der Waals surface area contributed by atoms with Crippen LogP contribution < -0.4 is 11.2 Å². The third-order valence-electron chi connectivity index (χ3n) is 2.53. The van der Waals surface area contributed by atoms with Gasteiger partial charge in [0.2, 0.25) is 0 Å². The SMILES string of the molecule is CCCn1ccc(=O)n(CC(C)(O)C(=O)O)c1=O. The third kappa shape index (κ3) is 2.86. The molecule has 2 N–H and O–H groups in total. The van der Waals surface area contributed by atoms with Gasteiger partial charge in [0.25, 0.3) is 5.56 Å². The number of hydrogen-bond acceptors (Lipinski definition) is 4. The van der Waals surface area contributed by atoms with E-state index in [-0.39, 0.29) is 0 Å². The quantitative estimate of drug-likeness (QED) is 0.722. The molecule has 1 heterocycles. The van der Waals surface area contributed by atoms with Gasteiger partial charge in [0, 0.05) is 18.8 Å². The molecule has 100 valence electrons. The van der Waals surface area contributed by atoms with Crippen molar-refractivity contribution < 1.29 is 15.0 Å². The Kier molecular flexibility index (Phi) is 4.07. The van der Waals surface area contributed by atoms with Crippen LogP contribution in [0, 0.1) is 0 Å². The number of carboxylic acid groups (broad SMARTS) is 1. The summed E-state index contributed by atoms with van der Waals surface area (Å²) in [5.74, 6) is -1.49. The van der Waals surface area contributed by atoms with E-state index in [4.69, 9.17) is 5.11 Å². The van der Waals surface area contributed by atoms with Crippen LogP contribution in [0.1, 0.15) is 20.3 Å². The van der Waals surface area contributed by atoms with Crippen molar-refractivity contribution >= 4 is 5.97 Å². The zero-order chi connectivity index (χ0) is 13.9. The first-order valence-electron chi connectivity index (χ1n) is 5.55. The number of carbonyl (C=O) groups is 1. The Morgan fingerprint density at radius 1 is 1.44 bits per heavy atom. The molecule has 1 rings (SSSR count). The first kappa shape index (κ1) is 14.2. The molecule has 7 nitrogen and oxygen atoms in total. The zero-order valence-corrected chi connectivity index (χ0v) is 10.3. The summed E-state index contributed by atoms with van der Waals surface area (Å²) >= 11 is 0. The maximum atomic E-state index is 11.9. The van der Waals surface area contributed by atoms with Crippen molar-refractivity contribution in [3.63, 3.8) is 0 Å². The Morgan fingerprint density at radius 3 is 2.56 bits per heavy atom. The van der Waals surface area contributed by atoms with E-state index in [1.165, 1.54) is 16.8 Å². The smallest absolute Gasteiger partial charge is 0.337 e. The molecule has 7 heteroatoms. The summed E-state index contributed by atoms with van der Waals surface area (Å²) in [5, 5.41) is 18.4. The summed E-state index contributed by atoms with van der Waals surface area (Å²) in [6.45, 7) is 2.76. The van der Waals surface area contributed by atoms with Crippen molar-refractivity contribution in [1.29, 1.82) is 0 Å². The van der Waals surface area contributed by atoms with E-state index in [2.05, 4.69) is 0 Å². The predicted octanol–water partition coefficient (Wildman–Crippen LogP) is -0.744. The largest absolute Gasteiger partial charge is 0.479 e. The van der Waals surface area contributed by atoms with Gasteiger partial charge >= 0.3 is 11.7 Å². The van der Waals surface area contributed by atoms with Gasteiger partial charge in [-0.15, -0.1) is 0 Å². The average molecular weight is 256 g/mol. The molecule has 1 atom stereocenters. The molecule has 18 heavy (non-hydrogen) atoms. The molecule has 0 aromatic carbocycles. The number of rotatable bonds is 5. The van der Waals surface area contributed by atoms with E-state index in [0.717, 1.165) is 11.5 Å². The van der Waals surface area contributed by atoms with E-state index in [1.54, 1.807) is 0 Å². The first-order valence-corrected chi connectivity index (χ1v) is 5.55. The summed E-state index contributed by atoms with van der Waals surface area (Å²) < 4.78 is 2.03. The molecule has 1 aromatic heterocycles. The van der Waals surface area contributed by atoms with Crippen LogP contribution in [0.15, 0.2) is 21.9 Å². The van der Waals surface area contributed by atoms with Crippen LogP contribution >= 0.6 is 0 Å². The van der Waals surface area contributed by atoms with Gasteiger partial charge in [-0.25, -0.2) is 9.59 Å². The maximum Gasteiger partial charge on any atom is 0.337 e. The van der Waals surface area contributed by atoms with Crippen molar-refractivity contribution in [2.75, 3.05) is 0 Å². The van der Waals surface area contributed by atoms with Crippen LogP contribution in [0.2, 0.25) is 0 Å². The van der Waals surface area contributed by atoms with Crippen molar-refractivity contribution in [2.45, 2.75) is 39.0 Å². The third-order valence-corrected chi connectivity index (χ3v) is 2.53. The van der Waals surface area contributed by atoms with Gasteiger partial charge in [0.1, 0.15) is 0 Å². The molecule has 1 aromatic rings. The normalized spacial score (nSPS) is 14.2. The van der Waals surface area contributed by atoms with Crippen LogP contribution in [0.25, 0.3) is 0 Å². The number of aromatic nitrogens is 2. The van der Waals surface area contributed by atoms with Gasteiger partial charge < -0.3 is 14.8 Å². The molecule has 0 aliphatic carbocycles. The van der Waals surface area contributed by atoms with Crippen LogP contribution in [0.3, 0.4) is 0 Å². The second-order valence-electron chi connectivity index (χ2n) is 4.30. The van der Waals surface area contributed by atoms with Gasteiger partial charge in [-0.05, 0) is 13.3 Å². The fraction of sp³-hybridized carbons (Fsp3) is 0.545. The molecule has 0 saturated heterocycles. The summed E-state index contributed by atoms with van der Waals surface area (Å²) in [5.41, 5.74) is -3.41. The zero-order valence-electron chi connectivity index (χ0n) is 10.3. The number of carboxylic acids is 1. The lowest BCUT2D eigenvalue weighted by atomic mass is 10.1. The lowest BCUT2D eigenvalue weighted by Gasteiger charge is -2.19. The van der Waals surface area contributed by atoms with E-state index >= 15 is 0 Å². The second kappa shape index (κ2) is 5.18. The van der Waals surface area contributed by atoms with E-state index < -0.39 is 29.4 Å². The molecule has 0 aliphatic rings. The van der Waals surface area contributed by atoms with Gasteiger partial charge in [0.05, 0.1) is 6.54 Å². The standard InChI is InChI=1S/C11H16N2O5/c1-3-5-12-6-4-8(14)13(10(12)17)7-11(2,18)9(15)16/h4,6,18H,3,5,7H2,1-2H3,(H,15,16). The van der Waals surface area contributed by atoms with Crippen molar-refractivity contribution in [1.82, 2.24) is 9.13 Å². The van der Waals surface area contributed by atoms with Gasteiger partial charge in [-0.2, -0.15) is 0 Å². The number of hydrogen-bond donors (Lipinski definition) is 2. The second-order valence-corrected chi connectivity index (χ2v) is 4.30. The lowest BCUT2D eigenvalue weighted by molar-refractivity contribution is -0.158. The maximum absolute atomic E-state index is 11.9. The Labute approximate surface area is 103 Å². The summed E-state index contributed by atoms with van der Waals surface area (Å²) in [7, 11) is 0. The Balaban J connectivity index is 3.25. The van der Waals surface area contributed by atoms with Crippen molar-refractivity contribution in [3.05, 3.63) is 33.1 Å². The van der Waals surface area contributed by atoms with Crippen LogP contribution in [-0.2, 0) is 17.9 Å². The number of aryl methyl sites for hydroxylation is 1. The number of aliphatic hydroxyl groups is 1. The fourth-order valence-corrected chi connectivity index (χ4v) is 1.49. The lowest BCUT2D eigenvalue weighted by Crippen LogP contribution is -2.48. The number of aliphatic carboxylic acids is 1. The highest BCUT2D eigenvalue weighted by atomic mass is 16.4. The minimum atomic E-state index is -2.16. The van der Waals surface area contributed by atoms with Crippen molar-refractivity contribution in [2.24, 2.45) is 0 Å². The van der Waals surface area contributed by atoms with Crippen LogP contribution in [-0.4, -0.2) is 30.9 Å². The van der Waals surface area contributed by atoms with Crippen LogP contribution in [0.4, 0.5) is 0 Å². The molecule has 0 aliphatic heterocycles. The molecule has 0 spiro atoms. The van der Waals surface area contributed by atoms with E-state index in [0.29, 0.717) is 13.0 Å². The molecular formula is C11H16N2O5. The number of nitrogens with zero attached hydrogens (tertiary/aromatic N) is 2. The highest BCUT2D eigenvalue weighted by Crippen LogP contribution is 2.04. The molecule has 0 saturated carbocycles. The van der Waals surface area contributed by atoms with Crippen molar-refractivity contribution in [3.8, 4) is 0 Å². The van der Waals surface area contributed by atoms with E-state index in [9.17, 15) is 19.5 Å². The molecule has 0 fully saturated rings. The predicted molar refractivity (Wildman–Crippen MR) is 63.5 cm³/mol. The average Bonchev–Trinajstić information content (AvgIpc) is 2.28. The molecule has 0 amide bonds. The Hall–Kier alpha value is -1.89. The minimum absolute atomic E-state index is 0.425. The summed E-state index contributed by atoms with van der Waals surface area (Å²) in [6, 6.07) is 1.18. The van der Waals surface area contributed by atoms with Gasteiger partial charge in [0.15, 0.2) is 5.60 Å².